The third-order valence-corrected chi connectivity index (χ3v) is 3.29. The summed E-state index contributed by atoms with van der Waals surface area (Å²) in [5.74, 6) is 1.48. The van der Waals surface area contributed by atoms with Gasteiger partial charge >= 0.3 is 0 Å². The van der Waals surface area contributed by atoms with E-state index in [-0.39, 0.29) is 0 Å². The van der Waals surface area contributed by atoms with Crippen molar-refractivity contribution in [3.63, 3.8) is 0 Å². The Morgan fingerprint density at radius 3 is 2.85 bits per heavy atom. The fraction of sp³-hybridized carbons (Fsp3) is 0.667. The monoisotopic (exact) mass is 177 g/mol. The summed E-state index contributed by atoms with van der Waals surface area (Å²) in [6.45, 7) is 5.70. The van der Waals surface area contributed by atoms with E-state index in [2.05, 4.69) is 31.3 Å². The molecule has 0 aromatic carbocycles. The zero-order valence-electron chi connectivity index (χ0n) is 8.64. The van der Waals surface area contributed by atoms with Crippen molar-refractivity contribution in [3.8, 4) is 0 Å². The van der Waals surface area contributed by atoms with E-state index in [0.29, 0.717) is 0 Å². The Morgan fingerprint density at radius 2 is 2.31 bits per heavy atom. The second-order valence-corrected chi connectivity index (χ2v) is 4.33. The molecule has 2 atom stereocenters. The van der Waals surface area contributed by atoms with Crippen LogP contribution in [0.15, 0.2) is 23.4 Å². The van der Waals surface area contributed by atoms with E-state index in [1.807, 2.05) is 0 Å². The highest BCUT2D eigenvalue weighted by Gasteiger charge is 2.25. The second kappa shape index (κ2) is 3.57. The molecule has 2 rings (SSSR count). The molecular formula is C12H19N. The molecular weight excluding hydrogens is 158 g/mol. The molecule has 1 N–H and O–H groups in total. The van der Waals surface area contributed by atoms with Crippen LogP contribution in [0, 0.1) is 11.8 Å². The fourth-order valence-electron chi connectivity index (χ4n) is 2.60. The molecule has 0 saturated heterocycles. The normalized spacial score (nSPS) is 33.7. The maximum absolute atomic E-state index is 3.46. The molecule has 0 bridgehead atoms. The maximum atomic E-state index is 3.46. The molecule has 0 aromatic rings. The minimum Gasteiger partial charge on any atom is -0.388 e. The van der Waals surface area contributed by atoms with Gasteiger partial charge in [0.2, 0.25) is 0 Å². The quantitative estimate of drug-likeness (QED) is 0.607. The average molecular weight is 177 g/mol. The smallest absolute Gasteiger partial charge is 0.0207 e. The van der Waals surface area contributed by atoms with Crippen LogP contribution in [-0.4, -0.2) is 6.54 Å². The first-order valence-electron chi connectivity index (χ1n) is 5.40. The summed E-state index contributed by atoms with van der Waals surface area (Å²) in [4.78, 5) is 0. The zero-order chi connectivity index (χ0) is 9.26. The summed E-state index contributed by atoms with van der Waals surface area (Å²) >= 11 is 0. The maximum Gasteiger partial charge on any atom is 0.0207 e. The van der Waals surface area contributed by atoms with Gasteiger partial charge < -0.3 is 5.32 Å². The van der Waals surface area contributed by atoms with Gasteiger partial charge in [-0.1, -0.05) is 19.1 Å². The van der Waals surface area contributed by atoms with Gasteiger partial charge in [-0.2, -0.15) is 0 Å². The minimum absolute atomic E-state index is 0.735. The van der Waals surface area contributed by atoms with Gasteiger partial charge in [-0.3, -0.25) is 0 Å². The van der Waals surface area contributed by atoms with Crippen molar-refractivity contribution >= 4 is 0 Å². The third kappa shape index (κ3) is 1.65. The van der Waals surface area contributed by atoms with E-state index in [4.69, 9.17) is 0 Å². The Hall–Kier alpha value is -0.720. The third-order valence-electron chi connectivity index (χ3n) is 3.29. The molecule has 2 aliphatic rings. The zero-order valence-corrected chi connectivity index (χ0v) is 8.64. The molecule has 1 unspecified atom stereocenters. The van der Waals surface area contributed by atoms with Crippen LogP contribution >= 0.6 is 0 Å². The molecule has 0 amide bonds. The van der Waals surface area contributed by atoms with Gasteiger partial charge in [0.25, 0.3) is 0 Å². The lowest BCUT2D eigenvalue weighted by atomic mass is 9.83. The van der Waals surface area contributed by atoms with Gasteiger partial charge in [0.1, 0.15) is 0 Å². The Balaban J connectivity index is 2.18. The van der Waals surface area contributed by atoms with Crippen molar-refractivity contribution in [1.29, 1.82) is 0 Å². The van der Waals surface area contributed by atoms with Crippen LogP contribution in [0.1, 0.15) is 33.1 Å². The van der Waals surface area contributed by atoms with Crippen LogP contribution in [0.25, 0.3) is 0 Å². The first kappa shape index (κ1) is 8.86. The Bertz CT molecular complexity index is 250. The van der Waals surface area contributed by atoms with Crippen LogP contribution in [0.3, 0.4) is 0 Å². The van der Waals surface area contributed by atoms with Gasteiger partial charge in [-0.05, 0) is 37.7 Å². The summed E-state index contributed by atoms with van der Waals surface area (Å²) in [7, 11) is 0. The lowest BCUT2D eigenvalue weighted by Crippen LogP contribution is -2.11. The first-order valence-corrected chi connectivity index (χ1v) is 5.40. The molecule has 0 spiro atoms. The number of nitrogens with one attached hydrogen (secondary N) is 1. The lowest BCUT2D eigenvalue weighted by Gasteiger charge is -2.21. The topological polar surface area (TPSA) is 12.0 Å². The molecule has 1 heterocycles. The van der Waals surface area contributed by atoms with E-state index in [1.165, 1.54) is 25.0 Å². The number of allylic oxidation sites excluding steroid dienone is 3. The largest absolute Gasteiger partial charge is 0.388 e. The fourth-order valence-corrected chi connectivity index (χ4v) is 2.60. The van der Waals surface area contributed by atoms with Crippen LogP contribution in [0.2, 0.25) is 0 Å². The predicted octanol–water partition coefficient (Wildman–Crippen LogP) is 2.86. The summed E-state index contributed by atoms with van der Waals surface area (Å²) in [6, 6.07) is 0. The van der Waals surface area contributed by atoms with Crippen molar-refractivity contribution in [2.75, 3.05) is 6.54 Å². The van der Waals surface area contributed by atoms with Crippen molar-refractivity contribution in [1.82, 2.24) is 5.32 Å². The molecule has 0 aromatic heterocycles. The highest BCUT2D eigenvalue weighted by Crippen LogP contribution is 2.33. The standard InChI is InChI=1S/C12H19N/c1-9-8-13-10(2)12(9)11-6-4-3-5-7-11/h4,6,9,11,13H,3,5,7-8H2,1-2H3/t9-,11?/m0/s1. The summed E-state index contributed by atoms with van der Waals surface area (Å²) in [5.41, 5.74) is 3.10. The van der Waals surface area contributed by atoms with Gasteiger partial charge in [-0.25, -0.2) is 0 Å². The van der Waals surface area contributed by atoms with Gasteiger partial charge in [0, 0.05) is 18.2 Å². The SMILES string of the molecule is CC1=C(C2C=CCCC2)[C@@H](C)CN1. The van der Waals surface area contributed by atoms with Crippen LogP contribution in [-0.2, 0) is 0 Å². The van der Waals surface area contributed by atoms with Crippen molar-refractivity contribution < 1.29 is 0 Å². The number of rotatable bonds is 1. The van der Waals surface area contributed by atoms with E-state index in [9.17, 15) is 0 Å². The Labute approximate surface area is 80.9 Å². The molecule has 72 valence electrons. The second-order valence-electron chi connectivity index (χ2n) is 4.33. The molecule has 1 nitrogen and oxygen atoms in total. The van der Waals surface area contributed by atoms with E-state index in [0.717, 1.165) is 18.4 Å². The summed E-state index contributed by atoms with van der Waals surface area (Å²) in [6.07, 6.45) is 8.76. The molecule has 0 saturated carbocycles. The predicted molar refractivity (Wildman–Crippen MR) is 56.3 cm³/mol. The van der Waals surface area contributed by atoms with Gasteiger partial charge in [0.15, 0.2) is 0 Å². The van der Waals surface area contributed by atoms with Gasteiger partial charge in [0.05, 0.1) is 0 Å². The molecule has 1 aliphatic heterocycles. The summed E-state index contributed by atoms with van der Waals surface area (Å²) in [5, 5.41) is 3.46. The van der Waals surface area contributed by atoms with Crippen LogP contribution in [0.5, 0.6) is 0 Å². The minimum atomic E-state index is 0.735. The molecule has 0 radical (unpaired) electrons. The molecule has 13 heavy (non-hydrogen) atoms. The number of hydrogen-bond acceptors (Lipinski definition) is 1. The highest BCUT2D eigenvalue weighted by atomic mass is 14.9. The molecule has 1 heteroatoms. The highest BCUT2D eigenvalue weighted by molar-refractivity contribution is 5.26. The van der Waals surface area contributed by atoms with E-state index in [1.54, 1.807) is 5.57 Å². The Morgan fingerprint density at radius 1 is 1.46 bits per heavy atom. The van der Waals surface area contributed by atoms with Crippen molar-refractivity contribution in [2.45, 2.75) is 33.1 Å². The first-order chi connectivity index (χ1) is 6.29. The number of hydrogen-bond donors (Lipinski definition) is 1. The van der Waals surface area contributed by atoms with Crippen molar-refractivity contribution in [2.24, 2.45) is 11.8 Å². The lowest BCUT2D eigenvalue weighted by molar-refractivity contribution is 0.548. The van der Waals surface area contributed by atoms with Crippen LogP contribution in [0.4, 0.5) is 0 Å². The van der Waals surface area contributed by atoms with Gasteiger partial charge in [-0.15, -0.1) is 0 Å². The van der Waals surface area contributed by atoms with E-state index < -0.39 is 0 Å². The molecule has 0 fully saturated rings. The Kier molecular flexibility index (Phi) is 2.43. The molecule has 1 aliphatic carbocycles. The average Bonchev–Trinajstić information content (AvgIpc) is 2.48. The summed E-state index contributed by atoms with van der Waals surface area (Å²) < 4.78 is 0. The van der Waals surface area contributed by atoms with Crippen LogP contribution < -0.4 is 5.32 Å². The van der Waals surface area contributed by atoms with Crippen molar-refractivity contribution in [3.05, 3.63) is 23.4 Å². The van der Waals surface area contributed by atoms with E-state index >= 15 is 0 Å².